The molecule has 60 heavy (non-hydrogen) atoms. The Morgan fingerprint density at radius 1 is 0.417 bits per heavy atom. The van der Waals surface area contributed by atoms with E-state index in [0.717, 1.165) is 64.2 Å². The number of unbranched alkanes of at least 4 members (excludes halogenated alkanes) is 31. The molecule has 0 rings (SSSR count). The number of allylic oxidation sites excluding steroid dienone is 10. The quantitative estimate of drug-likeness (QED) is 0.0422. The van der Waals surface area contributed by atoms with Gasteiger partial charge in [-0.3, -0.25) is 4.79 Å². The molecule has 0 aromatic rings. The molecule has 0 heterocycles. The van der Waals surface area contributed by atoms with Crippen LogP contribution in [0, 0.1) is 0 Å². The molecule has 2 atom stereocenters. The van der Waals surface area contributed by atoms with Crippen molar-refractivity contribution in [2.24, 2.45) is 0 Å². The van der Waals surface area contributed by atoms with E-state index in [9.17, 15) is 15.0 Å². The van der Waals surface area contributed by atoms with E-state index in [1.165, 1.54) is 180 Å². The first kappa shape index (κ1) is 58.1. The van der Waals surface area contributed by atoms with Crippen LogP contribution in [-0.2, 0) is 4.79 Å². The van der Waals surface area contributed by atoms with Crippen LogP contribution < -0.4 is 5.32 Å². The van der Waals surface area contributed by atoms with Crippen molar-refractivity contribution in [3.05, 3.63) is 60.8 Å². The van der Waals surface area contributed by atoms with Gasteiger partial charge in [0.25, 0.3) is 0 Å². The fraction of sp³-hybridized carbons (Fsp3) is 0.804. The summed E-state index contributed by atoms with van der Waals surface area (Å²) in [5.74, 6) is -0.0417. The Morgan fingerprint density at radius 3 is 1.10 bits per heavy atom. The Bertz CT molecular complexity index is 996. The van der Waals surface area contributed by atoms with Gasteiger partial charge in [0.1, 0.15) is 0 Å². The van der Waals surface area contributed by atoms with Gasteiger partial charge in [0.15, 0.2) is 0 Å². The maximum Gasteiger partial charge on any atom is 0.220 e. The summed E-state index contributed by atoms with van der Waals surface area (Å²) in [6.07, 6.45) is 71.9. The van der Waals surface area contributed by atoms with Crippen LogP contribution in [0.15, 0.2) is 60.8 Å². The van der Waals surface area contributed by atoms with Gasteiger partial charge in [0.2, 0.25) is 5.91 Å². The van der Waals surface area contributed by atoms with Crippen molar-refractivity contribution in [3.63, 3.8) is 0 Å². The molecule has 0 radical (unpaired) electrons. The highest BCUT2D eigenvalue weighted by Gasteiger charge is 2.20. The number of hydrogen-bond acceptors (Lipinski definition) is 3. The molecule has 0 aliphatic heterocycles. The molecule has 4 heteroatoms. The number of amides is 1. The SMILES string of the molecule is CC/C=C\C/C=C\C/C=C\C/C=C\C/C=C\CCCCCCCCCC(=O)NC(CO)C(O)CCCCCCCCCCCCCCCCCCCCCCCCCCC. The largest absolute Gasteiger partial charge is 0.394 e. The Balaban J connectivity index is 3.51. The lowest BCUT2D eigenvalue weighted by molar-refractivity contribution is -0.123. The molecule has 3 N–H and O–H groups in total. The van der Waals surface area contributed by atoms with Crippen LogP contribution >= 0.6 is 0 Å². The highest BCUT2D eigenvalue weighted by molar-refractivity contribution is 5.76. The van der Waals surface area contributed by atoms with Crippen molar-refractivity contribution >= 4 is 5.91 Å². The fourth-order valence-corrected chi connectivity index (χ4v) is 8.04. The number of carbonyl (C=O) groups excluding carboxylic acids is 1. The van der Waals surface area contributed by atoms with Gasteiger partial charge in [-0.2, -0.15) is 0 Å². The predicted molar refractivity (Wildman–Crippen MR) is 267 cm³/mol. The summed E-state index contributed by atoms with van der Waals surface area (Å²) in [5, 5.41) is 23.3. The molecule has 2 unspecified atom stereocenters. The lowest BCUT2D eigenvalue weighted by Crippen LogP contribution is -2.45. The summed E-state index contributed by atoms with van der Waals surface area (Å²) in [7, 11) is 0. The Labute approximate surface area is 375 Å². The van der Waals surface area contributed by atoms with E-state index < -0.39 is 12.1 Å². The van der Waals surface area contributed by atoms with Gasteiger partial charge in [0, 0.05) is 6.42 Å². The Hall–Kier alpha value is -1.91. The molecule has 0 aliphatic carbocycles. The zero-order valence-corrected chi connectivity index (χ0v) is 40.2. The number of nitrogens with one attached hydrogen (secondary N) is 1. The zero-order valence-electron chi connectivity index (χ0n) is 40.2. The predicted octanol–water partition coefficient (Wildman–Crippen LogP) is 17.2. The molecule has 0 saturated carbocycles. The third-order valence-electron chi connectivity index (χ3n) is 12.0. The molecule has 0 fully saturated rings. The van der Waals surface area contributed by atoms with Gasteiger partial charge >= 0.3 is 0 Å². The first-order chi connectivity index (χ1) is 29.7. The first-order valence-corrected chi connectivity index (χ1v) is 26.5. The highest BCUT2D eigenvalue weighted by Crippen LogP contribution is 2.17. The van der Waals surface area contributed by atoms with Gasteiger partial charge in [-0.25, -0.2) is 0 Å². The summed E-state index contributed by atoms with van der Waals surface area (Å²) < 4.78 is 0. The number of aliphatic hydroxyl groups excluding tert-OH is 2. The zero-order chi connectivity index (χ0) is 43.5. The van der Waals surface area contributed by atoms with Gasteiger partial charge in [0.05, 0.1) is 18.8 Å². The lowest BCUT2D eigenvalue weighted by atomic mass is 10.0. The molecule has 0 bridgehead atoms. The Morgan fingerprint density at radius 2 is 0.733 bits per heavy atom. The normalized spacial score (nSPS) is 13.3. The van der Waals surface area contributed by atoms with E-state index in [1.54, 1.807) is 0 Å². The van der Waals surface area contributed by atoms with Crippen molar-refractivity contribution < 1.29 is 15.0 Å². The van der Waals surface area contributed by atoms with Crippen LogP contribution in [0.4, 0.5) is 0 Å². The lowest BCUT2D eigenvalue weighted by Gasteiger charge is -2.22. The van der Waals surface area contributed by atoms with Crippen LogP contribution in [0.2, 0.25) is 0 Å². The van der Waals surface area contributed by atoms with Gasteiger partial charge in [-0.15, -0.1) is 0 Å². The summed E-state index contributed by atoms with van der Waals surface area (Å²) in [6, 6.07) is -0.546. The average Bonchev–Trinajstić information content (AvgIpc) is 3.25. The minimum atomic E-state index is -0.668. The molecule has 350 valence electrons. The van der Waals surface area contributed by atoms with Gasteiger partial charge in [-0.1, -0.05) is 267 Å². The minimum Gasteiger partial charge on any atom is -0.394 e. The van der Waals surface area contributed by atoms with Crippen molar-refractivity contribution in [1.82, 2.24) is 5.32 Å². The molecular formula is C56H103NO3. The number of aliphatic hydroxyl groups is 2. The molecule has 0 saturated heterocycles. The molecular weight excluding hydrogens is 735 g/mol. The highest BCUT2D eigenvalue weighted by atomic mass is 16.3. The molecule has 0 aliphatic rings. The molecule has 1 amide bonds. The van der Waals surface area contributed by atoms with Crippen molar-refractivity contribution in [3.8, 4) is 0 Å². The topological polar surface area (TPSA) is 69.6 Å². The number of hydrogen-bond donors (Lipinski definition) is 3. The van der Waals surface area contributed by atoms with Crippen molar-refractivity contribution in [1.29, 1.82) is 0 Å². The summed E-state index contributed by atoms with van der Waals surface area (Å²) in [4.78, 5) is 12.5. The van der Waals surface area contributed by atoms with Crippen molar-refractivity contribution in [2.75, 3.05) is 6.61 Å². The maximum absolute atomic E-state index is 12.5. The first-order valence-electron chi connectivity index (χ1n) is 26.5. The molecule has 0 aromatic carbocycles. The van der Waals surface area contributed by atoms with E-state index in [0.29, 0.717) is 12.8 Å². The monoisotopic (exact) mass is 838 g/mol. The average molecular weight is 838 g/mol. The molecule has 0 spiro atoms. The second-order valence-corrected chi connectivity index (χ2v) is 17.9. The van der Waals surface area contributed by atoms with Crippen LogP contribution in [0.3, 0.4) is 0 Å². The van der Waals surface area contributed by atoms with Gasteiger partial charge in [-0.05, 0) is 57.8 Å². The standard InChI is InChI=1S/C56H103NO3/c1-3-5-7-9-11-13-15-17-19-21-23-25-27-28-30-31-33-35-37-39-41-43-45-47-49-51-55(59)54(53-58)57-56(60)52-50-48-46-44-42-40-38-36-34-32-29-26-24-22-20-18-16-14-12-10-8-6-4-2/h6,8,12,14,18,20,24,26,32,34,54-55,58-59H,3-5,7,9-11,13,15-17,19,21-23,25,27-31,33,35-53H2,1-2H3,(H,57,60)/b8-6-,14-12-,20-18-,26-24-,34-32-. The third kappa shape index (κ3) is 47.1. The second-order valence-electron chi connectivity index (χ2n) is 17.9. The van der Waals surface area contributed by atoms with Crippen LogP contribution in [0.1, 0.15) is 271 Å². The maximum atomic E-state index is 12.5. The van der Waals surface area contributed by atoms with Crippen LogP contribution in [0.5, 0.6) is 0 Å². The van der Waals surface area contributed by atoms with Gasteiger partial charge < -0.3 is 15.5 Å². The van der Waals surface area contributed by atoms with E-state index in [-0.39, 0.29) is 12.5 Å². The number of carbonyl (C=O) groups is 1. The fourth-order valence-electron chi connectivity index (χ4n) is 8.04. The Kier molecular flexibility index (Phi) is 49.8. The second kappa shape index (κ2) is 51.4. The van der Waals surface area contributed by atoms with Crippen molar-refractivity contribution in [2.45, 2.75) is 283 Å². The van der Waals surface area contributed by atoms with E-state index >= 15 is 0 Å². The summed E-state index contributed by atoms with van der Waals surface area (Å²) in [5.41, 5.74) is 0. The third-order valence-corrected chi connectivity index (χ3v) is 12.0. The van der Waals surface area contributed by atoms with E-state index in [2.05, 4.69) is 79.9 Å². The number of rotatable bonds is 48. The smallest absolute Gasteiger partial charge is 0.220 e. The summed E-state index contributed by atoms with van der Waals surface area (Å²) in [6.45, 7) is 4.26. The molecule has 0 aromatic heterocycles. The van der Waals surface area contributed by atoms with Crippen LogP contribution in [0.25, 0.3) is 0 Å². The van der Waals surface area contributed by atoms with Crippen LogP contribution in [-0.4, -0.2) is 34.9 Å². The minimum absolute atomic E-state index is 0.0417. The molecule has 4 nitrogen and oxygen atoms in total. The van der Waals surface area contributed by atoms with E-state index in [4.69, 9.17) is 0 Å². The van der Waals surface area contributed by atoms with E-state index in [1.807, 2.05) is 0 Å². The summed E-state index contributed by atoms with van der Waals surface area (Å²) >= 11 is 0.